The van der Waals surface area contributed by atoms with Crippen LogP contribution in [0.25, 0.3) is 11.1 Å². The Bertz CT molecular complexity index is 1180. The van der Waals surface area contributed by atoms with Crippen molar-refractivity contribution >= 4 is 6.21 Å². The van der Waals surface area contributed by atoms with Gasteiger partial charge in [-0.1, -0.05) is 82.6 Å². The molecule has 5 heteroatoms. The summed E-state index contributed by atoms with van der Waals surface area (Å²) in [5.74, 6) is 1.84. The molecule has 3 aromatic carbocycles. The highest BCUT2D eigenvalue weighted by molar-refractivity contribution is 5.83. The summed E-state index contributed by atoms with van der Waals surface area (Å²) in [5.41, 5.74) is 3.64. The first-order chi connectivity index (χ1) is 19.7. The number of phenolic OH excluding ortho intramolecular Hbond substituents is 1. The second-order valence-electron chi connectivity index (χ2n) is 10.2. The molecule has 40 heavy (non-hydrogen) atoms. The van der Waals surface area contributed by atoms with E-state index >= 15 is 0 Å². The van der Waals surface area contributed by atoms with E-state index in [1.165, 1.54) is 44.9 Å². The van der Waals surface area contributed by atoms with Gasteiger partial charge in [0.15, 0.2) is 0 Å². The first-order valence-electron chi connectivity index (χ1n) is 14.9. The summed E-state index contributed by atoms with van der Waals surface area (Å²) in [6.07, 6.45) is 14.6. The van der Waals surface area contributed by atoms with Crippen LogP contribution in [-0.2, 0) is 0 Å². The topological polar surface area (TPSA) is 74.8 Å². The third-order valence-corrected chi connectivity index (χ3v) is 6.90. The lowest BCUT2D eigenvalue weighted by molar-refractivity contribution is 0.300. The maximum Gasteiger partial charge on any atom is 0.128 e. The zero-order valence-corrected chi connectivity index (χ0v) is 24.0. The van der Waals surface area contributed by atoms with E-state index in [2.05, 4.69) is 30.1 Å². The first kappa shape index (κ1) is 30.8. The highest BCUT2D eigenvalue weighted by atomic mass is 16.5. The Hall–Kier alpha value is -3.78. The van der Waals surface area contributed by atoms with Crippen molar-refractivity contribution in [2.45, 2.75) is 77.6 Å². The summed E-state index contributed by atoms with van der Waals surface area (Å²) < 4.78 is 11.7. The fraction of sp³-hybridized carbons (Fsp3) is 0.429. The van der Waals surface area contributed by atoms with Crippen LogP contribution in [0.2, 0.25) is 0 Å². The van der Waals surface area contributed by atoms with Crippen LogP contribution < -0.4 is 9.47 Å². The molecule has 0 amide bonds. The number of nitriles is 1. The Labute approximate surface area is 240 Å². The normalized spacial score (nSPS) is 11.0. The van der Waals surface area contributed by atoms with Gasteiger partial charge in [-0.15, -0.1) is 0 Å². The minimum absolute atomic E-state index is 0.222. The van der Waals surface area contributed by atoms with Crippen molar-refractivity contribution in [3.8, 4) is 34.4 Å². The Morgan fingerprint density at radius 2 is 1.25 bits per heavy atom. The van der Waals surface area contributed by atoms with Gasteiger partial charge in [-0.2, -0.15) is 5.26 Å². The molecule has 3 rings (SSSR count). The molecule has 0 heterocycles. The van der Waals surface area contributed by atoms with Gasteiger partial charge in [-0.25, -0.2) is 0 Å². The van der Waals surface area contributed by atoms with Crippen LogP contribution in [0.1, 0.15) is 88.7 Å². The average molecular weight is 541 g/mol. The number of unbranched alkanes of at least 4 members (excludes halogenated alkanes) is 9. The summed E-state index contributed by atoms with van der Waals surface area (Å²) in [6.45, 7) is 4.40. The minimum Gasteiger partial charge on any atom is -0.507 e. The summed E-state index contributed by atoms with van der Waals surface area (Å²) >= 11 is 0. The number of ether oxygens (including phenoxy) is 2. The number of phenols is 1. The maximum atomic E-state index is 10.2. The van der Waals surface area contributed by atoms with E-state index in [1.54, 1.807) is 12.3 Å². The molecule has 3 aromatic rings. The summed E-state index contributed by atoms with van der Waals surface area (Å²) in [6, 6.07) is 23.4. The van der Waals surface area contributed by atoms with Crippen LogP contribution in [0.5, 0.6) is 17.2 Å². The molecular formula is C35H44N2O3. The predicted molar refractivity (Wildman–Crippen MR) is 165 cm³/mol. The Morgan fingerprint density at radius 1 is 0.700 bits per heavy atom. The van der Waals surface area contributed by atoms with Gasteiger partial charge >= 0.3 is 0 Å². The quantitative estimate of drug-likeness (QED) is 0.121. The van der Waals surface area contributed by atoms with Gasteiger partial charge < -0.3 is 14.6 Å². The highest BCUT2D eigenvalue weighted by Crippen LogP contribution is 2.24. The molecule has 0 aromatic heterocycles. The molecule has 0 bridgehead atoms. The maximum absolute atomic E-state index is 10.2. The largest absolute Gasteiger partial charge is 0.507 e. The molecule has 0 spiro atoms. The number of aliphatic imine (C=N–C) groups is 1. The second kappa shape index (κ2) is 18.5. The standard InChI is InChI=1S/C35H44N2O3/c1-2-3-10-23-37-28-32-19-22-34(26-35(32)38)40-25-12-9-7-5-4-6-8-11-24-39-33-20-17-31(18-21-33)30-15-13-29(27-36)14-16-30/h13-22,26,28,38H,2-12,23-25H2,1H3. The molecule has 0 saturated carbocycles. The van der Waals surface area contributed by atoms with Crippen molar-refractivity contribution in [1.82, 2.24) is 0 Å². The second-order valence-corrected chi connectivity index (χ2v) is 10.2. The van der Waals surface area contributed by atoms with Crippen LogP contribution in [0.4, 0.5) is 0 Å². The lowest BCUT2D eigenvalue weighted by atomic mass is 10.0. The predicted octanol–water partition coefficient (Wildman–Crippen LogP) is 9.12. The molecule has 0 fully saturated rings. The Kier molecular flexibility index (Phi) is 14.2. The van der Waals surface area contributed by atoms with Gasteiger partial charge in [-0.3, -0.25) is 4.99 Å². The van der Waals surface area contributed by atoms with E-state index in [9.17, 15) is 5.11 Å². The van der Waals surface area contributed by atoms with E-state index in [0.29, 0.717) is 17.9 Å². The number of nitrogens with zero attached hydrogens (tertiary/aromatic N) is 2. The van der Waals surface area contributed by atoms with Gasteiger partial charge in [0.1, 0.15) is 17.2 Å². The smallest absolute Gasteiger partial charge is 0.128 e. The van der Waals surface area contributed by atoms with E-state index < -0.39 is 0 Å². The molecule has 5 nitrogen and oxygen atoms in total. The van der Waals surface area contributed by atoms with Gasteiger partial charge in [0.2, 0.25) is 0 Å². The number of hydrogen-bond donors (Lipinski definition) is 1. The van der Waals surface area contributed by atoms with Gasteiger partial charge in [0.05, 0.1) is 24.8 Å². The number of benzene rings is 3. The fourth-order valence-corrected chi connectivity index (χ4v) is 4.46. The molecule has 0 atom stereocenters. The van der Waals surface area contributed by atoms with Crippen LogP contribution in [-0.4, -0.2) is 31.1 Å². The molecule has 0 aliphatic carbocycles. The molecular weight excluding hydrogens is 496 g/mol. The third kappa shape index (κ3) is 11.5. The number of hydrogen-bond acceptors (Lipinski definition) is 5. The molecule has 1 N–H and O–H groups in total. The number of aromatic hydroxyl groups is 1. The minimum atomic E-state index is 0.222. The van der Waals surface area contributed by atoms with Crippen LogP contribution in [0.15, 0.2) is 71.7 Å². The summed E-state index contributed by atoms with van der Waals surface area (Å²) in [4.78, 5) is 4.39. The van der Waals surface area contributed by atoms with Gasteiger partial charge in [0, 0.05) is 24.4 Å². The molecule has 212 valence electrons. The summed E-state index contributed by atoms with van der Waals surface area (Å²) in [7, 11) is 0. The SMILES string of the molecule is CCCCCN=Cc1ccc(OCCCCCCCCCCOc2ccc(-c3ccc(C#N)cc3)cc2)cc1O. The number of rotatable bonds is 19. The molecule has 0 unspecified atom stereocenters. The van der Waals surface area contributed by atoms with E-state index in [0.717, 1.165) is 61.3 Å². The van der Waals surface area contributed by atoms with Crippen molar-refractivity contribution in [2.75, 3.05) is 19.8 Å². The van der Waals surface area contributed by atoms with E-state index in [4.69, 9.17) is 14.7 Å². The van der Waals surface area contributed by atoms with Crippen LogP contribution in [0, 0.1) is 11.3 Å². The van der Waals surface area contributed by atoms with Crippen LogP contribution in [0.3, 0.4) is 0 Å². The van der Waals surface area contributed by atoms with Crippen LogP contribution >= 0.6 is 0 Å². The lowest BCUT2D eigenvalue weighted by Gasteiger charge is -2.08. The molecule has 0 radical (unpaired) electrons. The van der Waals surface area contributed by atoms with Crippen molar-refractivity contribution < 1.29 is 14.6 Å². The molecule has 0 aliphatic rings. The average Bonchev–Trinajstić information content (AvgIpc) is 2.99. The van der Waals surface area contributed by atoms with Gasteiger partial charge in [-0.05, 0) is 66.8 Å². The van der Waals surface area contributed by atoms with Crippen molar-refractivity contribution in [3.05, 3.63) is 77.9 Å². The third-order valence-electron chi connectivity index (χ3n) is 6.90. The van der Waals surface area contributed by atoms with E-state index in [-0.39, 0.29) is 5.75 Å². The lowest BCUT2D eigenvalue weighted by Crippen LogP contribution is -1.98. The van der Waals surface area contributed by atoms with E-state index in [1.807, 2.05) is 48.5 Å². The Balaban J connectivity index is 1.16. The summed E-state index contributed by atoms with van der Waals surface area (Å²) in [5, 5.41) is 19.1. The van der Waals surface area contributed by atoms with Crippen molar-refractivity contribution in [3.63, 3.8) is 0 Å². The van der Waals surface area contributed by atoms with Crippen molar-refractivity contribution in [1.29, 1.82) is 5.26 Å². The zero-order valence-electron chi connectivity index (χ0n) is 24.0. The Morgan fingerprint density at radius 3 is 1.82 bits per heavy atom. The highest BCUT2D eigenvalue weighted by Gasteiger charge is 2.03. The van der Waals surface area contributed by atoms with Gasteiger partial charge in [0.25, 0.3) is 0 Å². The first-order valence-corrected chi connectivity index (χ1v) is 14.9. The fourth-order valence-electron chi connectivity index (χ4n) is 4.46. The monoisotopic (exact) mass is 540 g/mol. The molecule has 0 aliphatic heterocycles. The molecule has 0 saturated heterocycles. The van der Waals surface area contributed by atoms with Crippen molar-refractivity contribution in [2.24, 2.45) is 4.99 Å². The zero-order chi connectivity index (χ0) is 28.3.